The molecule has 1 aliphatic carbocycles. The van der Waals surface area contributed by atoms with Gasteiger partial charge in [0.1, 0.15) is 18.5 Å². The van der Waals surface area contributed by atoms with Crippen LogP contribution in [0.4, 0.5) is 0 Å². The second kappa shape index (κ2) is 9.71. The molecule has 9 heteroatoms. The lowest BCUT2D eigenvalue weighted by Crippen LogP contribution is -2.64. The molecule has 0 spiro atoms. The summed E-state index contributed by atoms with van der Waals surface area (Å²) in [5, 5.41) is 26.1. The number of nitrogens with zero attached hydrogens (tertiary/aromatic N) is 1. The van der Waals surface area contributed by atoms with Crippen molar-refractivity contribution in [2.45, 2.75) is 75.8 Å². The second-order valence-corrected chi connectivity index (χ2v) is 10.8. The zero-order valence-electron chi connectivity index (χ0n) is 22.3. The Morgan fingerprint density at radius 2 is 1.95 bits per heavy atom. The highest BCUT2D eigenvalue weighted by Crippen LogP contribution is 2.42. The van der Waals surface area contributed by atoms with Gasteiger partial charge >= 0.3 is 0 Å². The van der Waals surface area contributed by atoms with Crippen molar-refractivity contribution in [1.29, 1.82) is 5.41 Å². The Morgan fingerprint density at radius 1 is 1.21 bits per heavy atom. The highest BCUT2D eigenvalue weighted by molar-refractivity contribution is 6.00. The third kappa shape index (κ3) is 4.33. The number of hydrogen-bond donors (Lipinski definition) is 4. The highest BCUT2D eigenvalue weighted by Gasteiger charge is 2.47. The van der Waals surface area contributed by atoms with E-state index in [4.69, 9.17) is 14.9 Å². The van der Waals surface area contributed by atoms with Crippen LogP contribution in [0.25, 0.3) is 0 Å². The second-order valence-electron chi connectivity index (χ2n) is 10.8. The Balaban J connectivity index is 1.47. The van der Waals surface area contributed by atoms with Crippen LogP contribution in [0.3, 0.4) is 0 Å². The number of carbonyl (C=O) groups excluding carboxylic acids is 2. The molecule has 1 fully saturated rings. The van der Waals surface area contributed by atoms with Crippen LogP contribution in [0.15, 0.2) is 42.5 Å². The molecule has 4 atom stereocenters. The number of methoxy groups -OCH3 is 1. The van der Waals surface area contributed by atoms with Crippen LogP contribution in [0.5, 0.6) is 5.75 Å². The van der Waals surface area contributed by atoms with Crippen LogP contribution >= 0.6 is 0 Å². The first-order chi connectivity index (χ1) is 18.1. The number of rotatable bonds is 6. The fraction of sp³-hybridized carbons (Fsp3) is 0.483. The van der Waals surface area contributed by atoms with Crippen LogP contribution < -0.4 is 15.4 Å². The van der Waals surface area contributed by atoms with E-state index in [1.54, 1.807) is 32.2 Å². The van der Waals surface area contributed by atoms with E-state index >= 15 is 0 Å². The topological polar surface area (TPSA) is 124 Å². The van der Waals surface area contributed by atoms with Gasteiger partial charge in [0.25, 0.3) is 5.91 Å². The summed E-state index contributed by atoms with van der Waals surface area (Å²) in [6, 6.07) is 11.6. The number of ether oxygens (including phenoxy) is 2. The quantitative estimate of drug-likeness (QED) is 0.464. The lowest BCUT2D eigenvalue weighted by molar-refractivity contribution is -0.136. The molecule has 2 unspecified atom stereocenters. The summed E-state index contributed by atoms with van der Waals surface area (Å²) in [5.74, 6) is 0.0628. The predicted octanol–water partition coefficient (Wildman–Crippen LogP) is 3.23. The van der Waals surface area contributed by atoms with Gasteiger partial charge in [-0.1, -0.05) is 38.1 Å². The number of fused-ring (bicyclic) bond motifs is 2. The summed E-state index contributed by atoms with van der Waals surface area (Å²) < 4.78 is 11.6. The first-order valence-corrected chi connectivity index (χ1v) is 13.2. The number of benzene rings is 2. The zero-order chi connectivity index (χ0) is 27.2. The molecule has 202 valence electrons. The van der Waals surface area contributed by atoms with Crippen LogP contribution in [-0.2, 0) is 16.0 Å². The summed E-state index contributed by atoms with van der Waals surface area (Å²) in [4.78, 5) is 28.4. The molecule has 0 saturated carbocycles. The molecule has 1 saturated heterocycles. The number of aliphatic hydroxyl groups is 1. The largest absolute Gasteiger partial charge is 0.490 e. The van der Waals surface area contributed by atoms with Gasteiger partial charge in [-0.3, -0.25) is 19.9 Å². The predicted molar refractivity (Wildman–Crippen MR) is 142 cm³/mol. The number of hydrogen-bond acceptors (Lipinski definition) is 6. The van der Waals surface area contributed by atoms with Gasteiger partial charge in [-0.15, -0.1) is 0 Å². The van der Waals surface area contributed by atoms with Crippen LogP contribution in [0, 0.1) is 5.41 Å². The molecule has 9 nitrogen and oxygen atoms in total. The van der Waals surface area contributed by atoms with Crippen LogP contribution in [0.2, 0.25) is 0 Å². The van der Waals surface area contributed by atoms with Crippen molar-refractivity contribution >= 4 is 17.8 Å². The van der Waals surface area contributed by atoms with E-state index in [9.17, 15) is 14.7 Å². The van der Waals surface area contributed by atoms with Gasteiger partial charge < -0.3 is 25.2 Å². The van der Waals surface area contributed by atoms with Crippen molar-refractivity contribution in [2.24, 2.45) is 0 Å². The average Bonchev–Trinajstić information content (AvgIpc) is 3.16. The Hall–Kier alpha value is -3.43. The molecular weight excluding hydrogens is 484 g/mol. The van der Waals surface area contributed by atoms with E-state index in [0.717, 1.165) is 24.0 Å². The van der Waals surface area contributed by atoms with E-state index in [1.807, 2.05) is 38.1 Å². The molecule has 2 aromatic carbocycles. The van der Waals surface area contributed by atoms with E-state index in [0.29, 0.717) is 23.3 Å². The Morgan fingerprint density at radius 3 is 2.63 bits per heavy atom. The molecule has 0 aromatic heterocycles. The van der Waals surface area contributed by atoms with Crippen LogP contribution in [-0.4, -0.2) is 58.7 Å². The van der Waals surface area contributed by atoms with Gasteiger partial charge in [-0.05, 0) is 49.1 Å². The first kappa shape index (κ1) is 26.2. The first-order valence-electron chi connectivity index (χ1n) is 13.2. The maximum absolute atomic E-state index is 13.5. The van der Waals surface area contributed by atoms with Gasteiger partial charge in [0.05, 0.1) is 24.1 Å². The highest BCUT2D eigenvalue weighted by atomic mass is 16.5. The summed E-state index contributed by atoms with van der Waals surface area (Å²) in [5.41, 5.74) is 1.32. The summed E-state index contributed by atoms with van der Waals surface area (Å²) in [6.45, 7) is 5.97. The zero-order valence-corrected chi connectivity index (χ0v) is 22.3. The van der Waals surface area contributed by atoms with E-state index in [-0.39, 0.29) is 30.8 Å². The molecule has 2 aromatic rings. The minimum absolute atomic E-state index is 0.0262. The van der Waals surface area contributed by atoms with E-state index in [2.05, 4.69) is 10.6 Å². The molecule has 2 amide bonds. The molecular formula is C29H36N4O5. The average molecular weight is 521 g/mol. The maximum Gasteiger partial charge on any atom is 0.251 e. The van der Waals surface area contributed by atoms with Gasteiger partial charge in [0, 0.05) is 30.2 Å². The Labute approximate surface area is 223 Å². The molecule has 5 rings (SSSR count). The number of carbonyl (C=O) groups is 2. The number of nitrogens with one attached hydrogen (secondary N) is 3. The van der Waals surface area contributed by atoms with Gasteiger partial charge in [0.2, 0.25) is 5.91 Å². The van der Waals surface area contributed by atoms with Crippen molar-refractivity contribution < 1.29 is 24.2 Å². The van der Waals surface area contributed by atoms with Crippen molar-refractivity contribution in [3.63, 3.8) is 0 Å². The summed E-state index contributed by atoms with van der Waals surface area (Å²) in [6.07, 6.45) is 1.64. The lowest BCUT2D eigenvalue weighted by Gasteiger charge is -2.47. The third-order valence-corrected chi connectivity index (χ3v) is 8.47. The normalized spacial score (nSPS) is 27.7. The molecule has 3 aliphatic rings. The molecule has 0 bridgehead atoms. The van der Waals surface area contributed by atoms with E-state index in [1.165, 1.54) is 4.90 Å². The minimum Gasteiger partial charge on any atom is -0.490 e. The SMILES string of the molecule is CCC1(CC)CC(=O)N(C2c3cc(C(=O)N[C@@H]4c5ccccc5C[C@]4(C)O)ccc3OCC2OC)C(=N)N1. The lowest BCUT2D eigenvalue weighted by atomic mass is 9.85. The smallest absolute Gasteiger partial charge is 0.251 e. The van der Waals surface area contributed by atoms with Gasteiger partial charge in [-0.2, -0.15) is 0 Å². The fourth-order valence-corrected chi connectivity index (χ4v) is 6.09. The maximum atomic E-state index is 13.5. The molecule has 0 radical (unpaired) electrons. The van der Waals surface area contributed by atoms with Crippen molar-refractivity contribution in [3.8, 4) is 5.75 Å². The van der Waals surface area contributed by atoms with E-state index < -0.39 is 29.3 Å². The third-order valence-electron chi connectivity index (χ3n) is 8.47. The Bertz CT molecular complexity index is 1250. The molecule has 2 heterocycles. The molecule has 2 aliphatic heterocycles. The van der Waals surface area contributed by atoms with Crippen molar-refractivity contribution in [3.05, 3.63) is 64.7 Å². The minimum atomic E-state index is -1.12. The van der Waals surface area contributed by atoms with Crippen molar-refractivity contribution in [1.82, 2.24) is 15.5 Å². The van der Waals surface area contributed by atoms with Gasteiger partial charge in [-0.25, -0.2) is 0 Å². The summed E-state index contributed by atoms with van der Waals surface area (Å²) >= 11 is 0. The standard InChI is InChI=1S/C29H36N4O5/c1-5-29(6-2)15-23(34)33(27(30)32-29)24-20-13-17(11-12-21(20)38-16-22(24)37-4)26(35)31-25-19-10-8-7-9-18(19)14-28(25,3)36/h7-13,22,24-25,36H,5-6,14-16H2,1-4H3,(H2,30,32)(H,31,35)/t22?,24?,25-,28+/m1/s1. The summed E-state index contributed by atoms with van der Waals surface area (Å²) in [7, 11) is 1.55. The molecule has 4 N–H and O–H groups in total. The molecule has 38 heavy (non-hydrogen) atoms. The Kier molecular flexibility index (Phi) is 6.69. The van der Waals surface area contributed by atoms with Crippen molar-refractivity contribution in [2.75, 3.05) is 13.7 Å². The number of guanidine groups is 1. The van der Waals surface area contributed by atoms with Gasteiger partial charge in [0.15, 0.2) is 5.96 Å². The van der Waals surface area contributed by atoms with Crippen LogP contribution in [0.1, 0.15) is 79.2 Å². The fourth-order valence-electron chi connectivity index (χ4n) is 6.09. The number of amides is 2. The monoisotopic (exact) mass is 520 g/mol.